The highest BCUT2D eigenvalue weighted by atomic mass is 35.5. The predicted molar refractivity (Wildman–Crippen MR) is 44.1 cm³/mol. The first-order valence-corrected chi connectivity index (χ1v) is 3.80. The zero-order valence-corrected chi connectivity index (χ0v) is 7.31. The van der Waals surface area contributed by atoms with Gasteiger partial charge in [0.05, 0.1) is 0 Å². The van der Waals surface area contributed by atoms with Crippen molar-refractivity contribution in [2.75, 3.05) is 0 Å². The van der Waals surface area contributed by atoms with E-state index >= 15 is 0 Å². The van der Waals surface area contributed by atoms with Crippen molar-refractivity contribution in [1.82, 2.24) is 0 Å². The number of allylic oxidation sites excluding steroid dienone is 2. The Kier molecular flexibility index (Phi) is 2.10. The Morgan fingerprint density at radius 1 is 1.45 bits per heavy atom. The number of aliphatic hydroxyl groups is 2. The van der Waals surface area contributed by atoms with Crippen molar-refractivity contribution in [2.45, 2.75) is 26.1 Å². The van der Waals surface area contributed by atoms with Gasteiger partial charge in [0.25, 0.3) is 0 Å². The molecule has 1 rings (SSSR count). The molecule has 0 unspecified atom stereocenters. The Morgan fingerprint density at radius 2 is 2.00 bits per heavy atom. The van der Waals surface area contributed by atoms with Gasteiger partial charge in [-0.3, -0.25) is 0 Å². The molecular formula is C8H11ClO2. The van der Waals surface area contributed by atoms with Gasteiger partial charge in [-0.15, -0.1) is 0 Å². The minimum atomic E-state index is -1.70. The zero-order chi connectivity index (χ0) is 8.65. The quantitative estimate of drug-likeness (QED) is 0.547. The summed E-state index contributed by atoms with van der Waals surface area (Å²) in [5, 5.41) is 19.1. The molecule has 0 aromatic carbocycles. The summed E-state index contributed by atoms with van der Waals surface area (Å²) in [6.07, 6.45) is 1.56. The van der Waals surface area contributed by atoms with Crippen LogP contribution in [0.2, 0.25) is 0 Å². The van der Waals surface area contributed by atoms with Crippen LogP contribution < -0.4 is 0 Å². The first-order valence-electron chi connectivity index (χ1n) is 3.42. The summed E-state index contributed by atoms with van der Waals surface area (Å²) >= 11 is 5.83. The van der Waals surface area contributed by atoms with Crippen LogP contribution in [0.25, 0.3) is 0 Å². The fraction of sp³-hybridized carbons (Fsp3) is 0.500. The molecule has 11 heavy (non-hydrogen) atoms. The van der Waals surface area contributed by atoms with Gasteiger partial charge in [-0.05, 0) is 31.1 Å². The molecule has 0 heterocycles. The molecule has 3 heteroatoms. The molecule has 0 bridgehead atoms. The van der Waals surface area contributed by atoms with E-state index in [4.69, 9.17) is 11.6 Å². The van der Waals surface area contributed by atoms with Gasteiger partial charge in [0.1, 0.15) is 0 Å². The zero-order valence-electron chi connectivity index (χ0n) is 6.56. The Labute approximate surface area is 70.8 Å². The monoisotopic (exact) mass is 174 g/mol. The molecule has 2 N–H and O–H groups in total. The lowest BCUT2D eigenvalue weighted by molar-refractivity contribution is -0.117. The maximum atomic E-state index is 9.22. The number of hydrogen-bond donors (Lipinski definition) is 2. The van der Waals surface area contributed by atoms with Crippen LogP contribution in [0.5, 0.6) is 0 Å². The van der Waals surface area contributed by atoms with Gasteiger partial charge in [-0.2, -0.15) is 0 Å². The predicted octanol–water partition coefficient (Wildman–Crippen LogP) is 1.53. The molecule has 2 nitrogen and oxygen atoms in total. The molecule has 0 aromatic heterocycles. The average Bonchev–Trinajstić information content (AvgIpc) is 1.81. The summed E-state index contributed by atoms with van der Waals surface area (Å²) < 4.78 is 0. The van der Waals surface area contributed by atoms with Gasteiger partial charge in [0.2, 0.25) is 0 Å². The van der Waals surface area contributed by atoms with Gasteiger partial charge in [-0.25, -0.2) is 0 Å². The largest absolute Gasteiger partial charge is 0.362 e. The Bertz CT molecular complexity index is 238. The third-order valence-corrected chi connectivity index (χ3v) is 2.31. The smallest absolute Gasteiger partial charge is 0.187 e. The number of rotatable bonds is 0. The molecule has 0 saturated carbocycles. The normalized spacial score (nSPS) is 23.5. The molecule has 0 radical (unpaired) electrons. The van der Waals surface area contributed by atoms with E-state index in [1.54, 1.807) is 13.8 Å². The van der Waals surface area contributed by atoms with Crippen LogP contribution in [0.1, 0.15) is 20.3 Å². The molecule has 0 aliphatic heterocycles. The minimum absolute atomic E-state index is 0.198. The van der Waals surface area contributed by atoms with Crippen LogP contribution >= 0.6 is 11.6 Å². The Morgan fingerprint density at radius 3 is 2.45 bits per heavy atom. The summed E-state index contributed by atoms with van der Waals surface area (Å²) in [4.78, 5) is 0. The number of hydrogen-bond acceptors (Lipinski definition) is 2. The van der Waals surface area contributed by atoms with Crippen LogP contribution in [0, 0.1) is 0 Å². The highest BCUT2D eigenvalue weighted by Crippen LogP contribution is 2.31. The molecule has 0 aromatic rings. The third-order valence-electron chi connectivity index (χ3n) is 1.69. The lowest BCUT2D eigenvalue weighted by Crippen LogP contribution is -2.28. The molecule has 0 amide bonds. The van der Waals surface area contributed by atoms with Crippen molar-refractivity contribution in [2.24, 2.45) is 0 Å². The second kappa shape index (κ2) is 2.63. The maximum absolute atomic E-state index is 9.22. The van der Waals surface area contributed by atoms with Gasteiger partial charge >= 0.3 is 0 Å². The first kappa shape index (κ1) is 8.78. The topological polar surface area (TPSA) is 40.5 Å². The number of halogens is 1. The fourth-order valence-corrected chi connectivity index (χ4v) is 1.39. The molecule has 0 spiro atoms. The molecule has 62 valence electrons. The van der Waals surface area contributed by atoms with Gasteiger partial charge in [-0.1, -0.05) is 11.6 Å². The van der Waals surface area contributed by atoms with Crippen molar-refractivity contribution in [1.29, 1.82) is 0 Å². The van der Waals surface area contributed by atoms with Crippen LogP contribution in [0.4, 0.5) is 0 Å². The standard InChI is InChI=1S/C8H11ClO2/c1-5-3-8(10,11)4-6(2)7(5)9/h3,10-11H,4H2,1-2H3. The van der Waals surface area contributed by atoms with Crippen LogP contribution in [-0.4, -0.2) is 16.0 Å². The van der Waals surface area contributed by atoms with Crippen LogP contribution in [-0.2, 0) is 0 Å². The van der Waals surface area contributed by atoms with E-state index in [2.05, 4.69) is 0 Å². The summed E-state index contributed by atoms with van der Waals surface area (Å²) in [5.74, 6) is -1.70. The summed E-state index contributed by atoms with van der Waals surface area (Å²) in [5.41, 5.74) is 1.54. The Balaban J connectivity index is 3.01. The highest BCUT2D eigenvalue weighted by Gasteiger charge is 2.26. The summed E-state index contributed by atoms with van der Waals surface area (Å²) in [6, 6.07) is 0. The van der Waals surface area contributed by atoms with E-state index in [-0.39, 0.29) is 6.42 Å². The van der Waals surface area contributed by atoms with Crippen molar-refractivity contribution in [3.8, 4) is 0 Å². The van der Waals surface area contributed by atoms with Crippen molar-refractivity contribution in [3.05, 3.63) is 22.3 Å². The highest BCUT2D eigenvalue weighted by molar-refractivity contribution is 6.32. The van der Waals surface area contributed by atoms with E-state index in [9.17, 15) is 10.2 Å². The second-order valence-corrected chi connectivity index (χ2v) is 3.35. The molecule has 0 fully saturated rings. The molecule has 1 aliphatic rings. The van der Waals surface area contributed by atoms with Gasteiger partial charge in [0.15, 0.2) is 5.79 Å². The second-order valence-electron chi connectivity index (χ2n) is 2.98. The lowest BCUT2D eigenvalue weighted by Gasteiger charge is -2.24. The van der Waals surface area contributed by atoms with E-state index in [1.807, 2.05) is 0 Å². The van der Waals surface area contributed by atoms with Gasteiger partial charge < -0.3 is 10.2 Å². The Hall–Kier alpha value is -0.310. The van der Waals surface area contributed by atoms with Gasteiger partial charge in [0, 0.05) is 11.5 Å². The third kappa shape index (κ3) is 1.83. The fourth-order valence-electron chi connectivity index (χ4n) is 1.27. The van der Waals surface area contributed by atoms with E-state index in [1.165, 1.54) is 6.08 Å². The van der Waals surface area contributed by atoms with E-state index in [0.29, 0.717) is 5.03 Å². The summed E-state index contributed by atoms with van der Waals surface area (Å²) in [7, 11) is 0. The van der Waals surface area contributed by atoms with Crippen LogP contribution in [0.15, 0.2) is 22.3 Å². The maximum Gasteiger partial charge on any atom is 0.187 e. The summed E-state index contributed by atoms with van der Waals surface area (Å²) in [6.45, 7) is 3.55. The first-order chi connectivity index (χ1) is 4.92. The molecule has 0 atom stereocenters. The minimum Gasteiger partial charge on any atom is -0.362 e. The SMILES string of the molecule is CC1=CC(O)(O)CC(C)=C1Cl. The molecule has 0 saturated heterocycles. The van der Waals surface area contributed by atoms with E-state index < -0.39 is 5.79 Å². The van der Waals surface area contributed by atoms with Crippen LogP contribution in [0.3, 0.4) is 0 Å². The van der Waals surface area contributed by atoms with Crippen molar-refractivity contribution < 1.29 is 10.2 Å². The van der Waals surface area contributed by atoms with Crippen molar-refractivity contribution in [3.63, 3.8) is 0 Å². The molecular weight excluding hydrogens is 164 g/mol. The van der Waals surface area contributed by atoms with E-state index in [0.717, 1.165) is 11.1 Å². The van der Waals surface area contributed by atoms with Crippen molar-refractivity contribution >= 4 is 11.6 Å². The average molecular weight is 175 g/mol. The lowest BCUT2D eigenvalue weighted by atomic mass is 9.96. The molecule has 1 aliphatic carbocycles.